The van der Waals surface area contributed by atoms with E-state index in [2.05, 4.69) is 97.9 Å². The molecule has 6 rings (SSSR count). The molecule has 1 heteroatoms. The van der Waals surface area contributed by atoms with Gasteiger partial charge in [-0.25, -0.2) is 0 Å². The molecule has 0 radical (unpaired) electrons. The topological polar surface area (TPSA) is 0 Å². The van der Waals surface area contributed by atoms with Crippen LogP contribution in [0.15, 0.2) is 111 Å². The molecular formula is C27H24S. The molecule has 28 heavy (non-hydrogen) atoms. The van der Waals surface area contributed by atoms with E-state index >= 15 is 0 Å². The van der Waals surface area contributed by atoms with Crippen LogP contribution in [0.25, 0.3) is 0 Å². The Hall–Kier alpha value is -2.51. The summed E-state index contributed by atoms with van der Waals surface area (Å²) in [5.74, 6) is 0. The Labute approximate surface area is 168 Å². The zero-order valence-electron chi connectivity index (χ0n) is 16.2. The van der Waals surface area contributed by atoms with Crippen molar-refractivity contribution >= 4 is 10.0 Å². The molecule has 1 atom stereocenters. The third kappa shape index (κ3) is 1.98. The van der Waals surface area contributed by atoms with E-state index < -0.39 is 10.0 Å². The third-order valence-electron chi connectivity index (χ3n) is 6.75. The van der Waals surface area contributed by atoms with E-state index in [1.54, 1.807) is 25.2 Å². The standard InChI is InChI=1S/C27H24S/c1-27-17-9-8-16-26(27)28(25-15-7-4-12-22(25)19-27)23-13-5-2-10-20(23)18-21-11-3-6-14-24(21)28/h2-16H,17-19H2,1H3. The highest BCUT2D eigenvalue weighted by Crippen LogP contribution is 2.82. The van der Waals surface area contributed by atoms with Gasteiger partial charge in [0.1, 0.15) is 0 Å². The summed E-state index contributed by atoms with van der Waals surface area (Å²) in [6.07, 6.45) is 10.5. The Morgan fingerprint density at radius 2 is 1.25 bits per heavy atom. The summed E-state index contributed by atoms with van der Waals surface area (Å²) in [7, 11) is -1.43. The van der Waals surface area contributed by atoms with E-state index in [-0.39, 0.29) is 5.41 Å². The normalized spacial score (nSPS) is 24.4. The molecule has 138 valence electrons. The maximum absolute atomic E-state index is 2.49. The lowest BCUT2D eigenvalue weighted by molar-refractivity contribution is 0.407. The average molecular weight is 381 g/mol. The van der Waals surface area contributed by atoms with Crippen molar-refractivity contribution in [3.8, 4) is 0 Å². The van der Waals surface area contributed by atoms with Crippen LogP contribution in [0.4, 0.5) is 0 Å². The maximum Gasteiger partial charge on any atom is 0.00558 e. The van der Waals surface area contributed by atoms with Crippen LogP contribution in [0.2, 0.25) is 0 Å². The molecule has 2 heterocycles. The molecule has 3 aliphatic rings. The minimum Gasteiger partial charge on any atom is -0.135 e. The lowest BCUT2D eigenvalue weighted by Gasteiger charge is -2.57. The summed E-state index contributed by atoms with van der Waals surface area (Å²) in [5.41, 5.74) is 4.74. The third-order valence-corrected chi connectivity index (χ3v) is 11.2. The molecule has 1 aliphatic carbocycles. The van der Waals surface area contributed by atoms with E-state index in [0.29, 0.717) is 0 Å². The van der Waals surface area contributed by atoms with Crippen molar-refractivity contribution in [2.75, 3.05) is 0 Å². The first-order valence-electron chi connectivity index (χ1n) is 10.2. The molecule has 0 saturated heterocycles. The van der Waals surface area contributed by atoms with Crippen molar-refractivity contribution < 1.29 is 0 Å². The lowest BCUT2D eigenvalue weighted by atomic mass is 9.77. The fourth-order valence-corrected chi connectivity index (χ4v) is 10.6. The molecule has 3 aromatic rings. The molecule has 1 unspecified atom stereocenters. The molecule has 0 nitrogen and oxygen atoms in total. The van der Waals surface area contributed by atoms with Crippen LogP contribution >= 0.6 is 10.0 Å². The van der Waals surface area contributed by atoms with E-state index in [1.807, 2.05) is 0 Å². The first kappa shape index (κ1) is 16.4. The maximum atomic E-state index is 2.49. The van der Waals surface area contributed by atoms with Gasteiger partial charge in [-0.3, -0.25) is 0 Å². The molecule has 3 aromatic carbocycles. The van der Waals surface area contributed by atoms with Crippen molar-refractivity contribution in [3.63, 3.8) is 0 Å². The highest BCUT2D eigenvalue weighted by atomic mass is 32.3. The van der Waals surface area contributed by atoms with Gasteiger partial charge in [-0.2, -0.15) is 0 Å². The lowest BCUT2D eigenvalue weighted by Crippen LogP contribution is -2.33. The molecule has 0 fully saturated rings. The van der Waals surface area contributed by atoms with Crippen LogP contribution in [0.3, 0.4) is 0 Å². The summed E-state index contributed by atoms with van der Waals surface area (Å²) < 4.78 is 0. The van der Waals surface area contributed by atoms with Gasteiger partial charge in [-0.05, 0) is 59.1 Å². The zero-order chi connectivity index (χ0) is 18.8. The Kier molecular flexibility index (Phi) is 3.38. The number of rotatable bonds is 0. The highest BCUT2D eigenvalue weighted by molar-refractivity contribution is 8.37. The van der Waals surface area contributed by atoms with Crippen LogP contribution in [0, 0.1) is 5.41 Å². The summed E-state index contributed by atoms with van der Waals surface area (Å²) in [5, 5.41) is 0. The molecule has 1 spiro atoms. The van der Waals surface area contributed by atoms with Crippen LogP contribution in [-0.4, -0.2) is 0 Å². The number of fused-ring (bicyclic) bond motifs is 8. The SMILES string of the molecule is CC12CC=CC=C1S1(c3ccccc3Cc3ccccc31)c1ccccc1C2. The minimum absolute atomic E-state index is 0.190. The predicted molar refractivity (Wildman–Crippen MR) is 118 cm³/mol. The van der Waals surface area contributed by atoms with Gasteiger partial charge in [0.15, 0.2) is 0 Å². The van der Waals surface area contributed by atoms with Crippen molar-refractivity contribution in [2.24, 2.45) is 5.41 Å². The van der Waals surface area contributed by atoms with Gasteiger partial charge in [0.2, 0.25) is 0 Å². The summed E-state index contributed by atoms with van der Waals surface area (Å²) >= 11 is 0. The van der Waals surface area contributed by atoms with Gasteiger partial charge in [0.05, 0.1) is 0 Å². The van der Waals surface area contributed by atoms with E-state index in [9.17, 15) is 0 Å². The highest BCUT2D eigenvalue weighted by Gasteiger charge is 2.51. The fourth-order valence-electron chi connectivity index (χ4n) is 5.60. The first-order valence-corrected chi connectivity index (χ1v) is 11.8. The number of hydrogen-bond donors (Lipinski definition) is 0. The summed E-state index contributed by atoms with van der Waals surface area (Å²) in [4.78, 5) is 6.34. The van der Waals surface area contributed by atoms with Crippen LogP contribution < -0.4 is 0 Å². The number of hydrogen-bond acceptors (Lipinski definition) is 0. The second-order valence-corrected chi connectivity index (χ2v) is 11.5. The van der Waals surface area contributed by atoms with Crippen LogP contribution in [0.1, 0.15) is 30.0 Å². The Bertz CT molecular complexity index is 1120. The molecule has 0 amide bonds. The molecule has 0 N–H and O–H groups in total. The van der Waals surface area contributed by atoms with Gasteiger partial charge >= 0.3 is 0 Å². The van der Waals surface area contributed by atoms with Crippen molar-refractivity contribution in [1.29, 1.82) is 0 Å². The van der Waals surface area contributed by atoms with Crippen molar-refractivity contribution in [1.82, 2.24) is 0 Å². The average Bonchev–Trinajstić information content (AvgIpc) is 2.73. The van der Waals surface area contributed by atoms with Gasteiger partial charge in [-0.1, -0.05) is 79.7 Å². The summed E-state index contributed by atoms with van der Waals surface area (Å²) in [6.45, 7) is 2.49. The first-order chi connectivity index (χ1) is 13.7. The minimum atomic E-state index is -1.43. The molecule has 2 aliphatic heterocycles. The smallest absolute Gasteiger partial charge is 0.00558 e. The van der Waals surface area contributed by atoms with E-state index in [4.69, 9.17) is 0 Å². The largest absolute Gasteiger partial charge is 0.135 e. The second kappa shape index (κ2) is 5.75. The predicted octanol–water partition coefficient (Wildman–Crippen LogP) is 7.28. The van der Waals surface area contributed by atoms with E-state index in [0.717, 1.165) is 19.3 Å². The van der Waals surface area contributed by atoms with Crippen LogP contribution in [0.5, 0.6) is 0 Å². The Morgan fingerprint density at radius 3 is 1.89 bits per heavy atom. The number of allylic oxidation sites excluding steroid dienone is 4. The Balaban J connectivity index is 1.84. The van der Waals surface area contributed by atoms with Gasteiger partial charge in [0.25, 0.3) is 0 Å². The van der Waals surface area contributed by atoms with Crippen molar-refractivity contribution in [2.45, 2.75) is 40.9 Å². The van der Waals surface area contributed by atoms with Crippen molar-refractivity contribution in [3.05, 3.63) is 113 Å². The monoisotopic (exact) mass is 380 g/mol. The fraction of sp³-hybridized carbons (Fsp3) is 0.185. The van der Waals surface area contributed by atoms with E-state index in [1.165, 1.54) is 11.1 Å². The zero-order valence-corrected chi connectivity index (χ0v) is 17.0. The summed E-state index contributed by atoms with van der Waals surface area (Å²) in [6, 6.07) is 27.7. The number of benzene rings is 3. The molecule has 0 saturated carbocycles. The molecule has 0 aromatic heterocycles. The van der Waals surface area contributed by atoms with Crippen LogP contribution in [-0.2, 0) is 12.8 Å². The molecular weight excluding hydrogens is 356 g/mol. The molecule has 0 bridgehead atoms. The van der Waals surface area contributed by atoms with Gasteiger partial charge in [-0.15, -0.1) is 10.0 Å². The Morgan fingerprint density at radius 1 is 0.714 bits per heavy atom. The second-order valence-electron chi connectivity index (χ2n) is 8.51. The van der Waals surface area contributed by atoms with Gasteiger partial charge < -0.3 is 0 Å². The quantitative estimate of drug-likeness (QED) is 0.384. The van der Waals surface area contributed by atoms with Gasteiger partial charge in [0, 0.05) is 20.1 Å².